The maximum absolute atomic E-state index is 8.48. The van der Waals surface area contributed by atoms with Gasteiger partial charge in [0.25, 0.3) is 0 Å². The van der Waals surface area contributed by atoms with E-state index in [1.54, 1.807) is 18.7 Å². The fraction of sp³-hybridized carbons (Fsp3) is 1.00. The van der Waals surface area contributed by atoms with Crippen molar-refractivity contribution in [2.45, 2.75) is 20.0 Å². The van der Waals surface area contributed by atoms with E-state index in [-0.39, 0.29) is 47.6 Å². The third kappa shape index (κ3) is 25.1. The molecule has 0 heterocycles. The molecule has 0 saturated heterocycles. The molecule has 0 unspecified atom stereocenters. The number of aliphatic hydroxyl groups excluding tert-OH is 4. The zero-order valence-electron chi connectivity index (χ0n) is 9.56. The summed E-state index contributed by atoms with van der Waals surface area (Å²) in [5.74, 6) is 0. The first-order chi connectivity index (χ1) is 6.58. The Morgan fingerprint density at radius 2 is 1.07 bits per heavy atom. The van der Waals surface area contributed by atoms with Crippen LogP contribution in [0.4, 0.5) is 0 Å². The molecule has 0 bridgehead atoms. The molecule has 5 nitrogen and oxygen atoms in total. The van der Waals surface area contributed by atoms with E-state index in [2.05, 4.69) is 0 Å². The second-order valence-electron chi connectivity index (χ2n) is 3.11. The van der Waals surface area contributed by atoms with Gasteiger partial charge in [-0.1, -0.05) is 0 Å². The molecule has 92 valence electrons. The molecule has 4 N–H and O–H groups in total. The maximum Gasteiger partial charge on any atom is 0.0558 e. The third-order valence-electron chi connectivity index (χ3n) is 1.25. The van der Waals surface area contributed by atoms with Crippen LogP contribution in [0.1, 0.15) is 13.8 Å². The van der Waals surface area contributed by atoms with Gasteiger partial charge in [-0.3, -0.25) is 4.90 Å². The number of nitrogens with zero attached hydrogens (tertiary/aromatic N) is 1. The van der Waals surface area contributed by atoms with E-state index < -0.39 is 0 Å². The largest absolute Gasteiger partial charge is 0.395 e. The molecule has 0 spiro atoms. The number of hydrogen-bond donors (Lipinski definition) is 4. The zero-order chi connectivity index (χ0) is 11.4. The molecule has 0 aliphatic rings. The van der Waals surface area contributed by atoms with Crippen LogP contribution in [0.25, 0.3) is 0 Å². The Morgan fingerprint density at radius 1 is 0.867 bits per heavy atom. The van der Waals surface area contributed by atoms with Crippen molar-refractivity contribution < 1.29 is 42.1 Å². The van der Waals surface area contributed by atoms with Gasteiger partial charge in [-0.25, -0.2) is 0 Å². The number of aliphatic hydroxyl groups is 4. The van der Waals surface area contributed by atoms with Gasteiger partial charge < -0.3 is 20.4 Å². The summed E-state index contributed by atoms with van der Waals surface area (Å²) in [6, 6.07) is 0. The summed E-state index contributed by atoms with van der Waals surface area (Å²) in [7, 11) is 0. The fourth-order valence-corrected chi connectivity index (χ4v) is 0.760. The predicted molar refractivity (Wildman–Crippen MR) is 55.1 cm³/mol. The first kappa shape index (κ1) is 20.9. The zero-order valence-corrected chi connectivity index (χ0v) is 11.1. The van der Waals surface area contributed by atoms with E-state index in [9.17, 15) is 0 Å². The van der Waals surface area contributed by atoms with Crippen molar-refractivity contribution in [2.24, 2.45) is 0 Å². The second kappa shape index (κ2) is 16.9. The second-order valence-corrected chi connectivity index (χ2v) is 3.11. The van der Waals surface area contributed by atoms with Crippen molar-refractivity contribution >= 4 is 0 Å². The van der Waals surface area contributed by atoms with Crippen LogP contribution >= 0.6 is 0 Å². The minimum atomic E-state index is -0.167. The molecule has 6 heteroatoms. The van der Waals surface area contributed by atoms with Crippen LogP contribution in [0.15, 0.2) is 0 Å². The quantitative estimate of drug-likeness (QED) is 0.442. The van der Waals surface area contributed by atoms with Crippen LogP contribution < -0.4 is 0 Å². The van der Waals surface area contributed by atoms with Crippen LogP contribution in [0.5, 0.6) is 0 Å². The molecule has 0 atom stereocenters. The molecule has 0 aromatic heterocycles. The molecule has 0 aromatic carbocycles. The van der Waals surface area contributed by atoms with Crippen molar-refractivity contribution in [1.29, 1.82) is 0 Å². The molecule has 15 heavy (non-hydrogen) atoms. The number of rotatable bonds is 6. The normalized spacial score (nSPS) is 9.60. The molecular weight excluding hydrogens is 234 g/mol. The minimum absolute atomic E-state index is 0. The van der Waals surface area contributed by atoms with Gasteiger partial charge in [-0.05, 0) is 13.8 Å². The maximum atomic E-state index is 8.48. The third-order valence-corrected chi connectivity index (χ3v) is 1.25. The van der Waals surface area contributed by atoms with E-state index in [4.69, 9.17) is 20.4 Å². The predicted octanol–water partition coefficient (Wildman–Crippen LogP) is -1.35. The summed E-state index contributed by atoms with van der Waals surface area (Å²) in [4.78, 5) is 1.79. The van der Waals surface area contributed by atoms with Crippen LogP contribution in [0.2, 0.25) is 0 Å². The van der Waals surface area contributed by atoms with Crippen molar-refractivity contribution in [1.82, 2.24) is 4.90 Å². The topological polar surface area (TPSA) is 84.2 Å². The van der Waals surface area contributed by atoms with Gasteiger partial charge in [-0.15, -0.1) is 0 Å². The van der Waals surface area contributed by atoms with E-state index in [1.807, 2.05) is 0 Å². The first-order valence-corrected chi connectivity index (χ1v) is 4.81. The van der Waals surface area contributed by atoms with Gasteiger partial charge in [0.15, 0.2) is 0 Å². The fourth-order valence-electron chi connectivity index (χ4n) is 0.760. The molecule has 0 amide bonds. The monoisotopic (exact) mass is 257 g/mol. The van der Waals surface area contributed by atoms with E-state index in [1.165, 1.54) is 0 Å². The Kier molecular flexibility index (Phi) is 23.5. The Morgan fingerprint density at radius 3 is 1.20 bits per heavy atom. The summed E-state index contributed by atoms with van der Waals surface area (Å²) in [6.45, 7) is 5.20. The van der Waals surface area contributed by atoms with E-state index in [0.717, 1.165) is 0 Å². The molecule has 0 saturated carbocycles. The van der Waals surface area contributed by atoms with Crippen LogP contribution in [0, 0.1) is 0 Å². The van der Waals surface area contributed by atoms with Gasteiger partial charge >= 0.3 is 0 Å². The average molecular weight is 257 g/mol. The molecular formula is C9H23NO4Ti. The summed E-state index contributed by atoms with van der Waals surface area (Å²) in [5.41, 5.74) is 0. The van der Waals surface area contributed by atoms with E-state index >= 15 is 0 Å². The Bertz CT molecular complexity index is 89.1. The van der Waals surface area contributed by atoms with Gasteiger partial charge in [0, 0.05) is 47.5 Å². The Balaban J connectivity index is -0.000000249. The van der Waals surface area contributed by atoms with E-state index in [0.29, 0.717) is 19.6 Å². The smallest absolute Gasteiger partial charge is 0.0558 e. The molecule has 0 fully saturated rings. The Labute approximate surface area is 107 Å². The molecule has 0 aliphatic carbocycles. The average Bonchev–Trinajstić information content (AvgIpc) is 2.04. The van der Waals surface area contributed by atoms with Crippen LogP contribution in [0.3, 0.4) is 0 Å². The molecule has 0 aliphatic heterocycles. The first-order valence-electron chi connectivity index (χ1n) is 4.81. The Hall–Kier alpha value is 0.514. The molecule has 0 rings (SSSR count). The van der Waals surface area contributed by atoms with Crippen LogP contribution in [-0.4, -0.2) is 70.9 Å². The summed E-state index contributed by atoms with van der Waals surface area (Å²) in [6.07, 6.45) is -0.167. The molecule has 0 aromatic rings. The van der Waals surface area contributed by atoms with Crippen molar-refractivity contribution in [3.8, 4) is 0 Å². The van der Waals surface area contributed by atoms with Crippen molar-refractivity contribution in [3.63, 3.8) is 0 Å². The summed E-state index contributed by atoms with van der Waals surface area (Å²) < 4.78 is 0. The van der Waals surface area contributed by atoms with Gasteiger partial charge in [-0.2, -0.15) is 0 Å². The standard InChI is InChI=1S/C6H15NO3.C3H8O.Ti/c8-4-1-7(2-5-9)3-6-10;1-3(2)4;/h8-10H,1-6H2;3-4H,1-2H3;. The van der Waals surface area contributed by atoms with Gasteiger partial charge in [0.1, 0.15) is 0 Å². The van der Waals surface area contributed by atoms with Crippen molar-refractivity contribution in [2.75, 3.05) is 39.5 Å². The summed E-state index contributed by atoms with van der Waals surface area (Å²) in [5, 5.41) is 33.5. The summed E-state index contributed by atoms with van der Waals surface area (Å²) >= 11 is 0. The minimum Gasteiger partial charge on any atom is -0.395 e. The van der Waals surface area contributed by atoms with Crippen LogP contribution in [-0.2, 0) is 21.7 Å². The number of hydrogen-bond acceptors (Lipinski definition) is 5. The van der Waals surface area contributed by atoms with Crippen molar-refractivity contribution in [3.05, 3.63) is 0 Å². The van der Waals surface area contributed by atoms with Gasteiger partial charge in [0.2, 0.25) is 0 Å². The SMILES string of the molecule is CC(C)O.OCCN(CCO)CCO.[Ti]. The molecule has 0 radical (unpaired) electrons. The van der Waals surface area contributed by atoms with Gasteiger partial charge in [0.05, 0.1) is 19.8 Å².